The SMILES string of the molecule is CCC(NC)c1nnc(C2CCCCO2)s1. The van der Waals surface area contributed by atoms with Gasteiger partial charge in [0.25, 0.3) is 0 Å². The molecule has 5 heteroatoms. The lowest BCUT2D eigenvalue weighted by Crippen LogP contribution is -2.14. The number of rotatable bonds is 4. The average Bonchev–Trinajstić information content (AvgIpc) is 2.81. The standard InChI is InChI=1S/C11H19N3OS/c1-3-8(12-2)10-13-14-11(16-10)9-6-4-5-7-15-9/h8-9,12H,3-7H2,1-2H3. The molecule has 0 aromatic carbocycles. The fourth-order valence-electron chi connectivity index (χ4n) is 1.96. The minimum Gasteiger partial charge on any atom is -0.371 e. The van der Waals surface area contributed by atoms with Crippen LogP contribution in [0.4, 0.5) is 0 Å². The van der Waals surface area contributed by atoms with Crippen molar-refractivity contribution < 1.29 is 4.74 Å². The van der Waals surface area contributed by atoms with Gasteiger partial charge in [0.15, 0.2) is 0 Å². The van der Waals surface area contributed by atoms with Crippen LogP contribution in [0.1, 0.15) is 54.8 Å². The molecule has 2 unspecified atom stereocenters. The van der Waals surface area contributed by atoms with Gasteiger partial charge in [0.05, 0.1) is 6.04 Å². The second kappa shape index (κ2) is 5.70. The molecular weight excluding hydrogens is 222 g/mol. The Bertz CT molecular complexity index is 319. The molecule has 1 N–H and O–H groups in total. The zero-order valence-corrected chi connectivity index (χ0v) is 10.7. The summed E-state index contributed by atoms with van der Waals surface area (Å²) in [4.78, 5) is 0. The van der Waals surface area contributed by atoms with Gasteiger partial charge in [-0.05, 0) is 32.7 Å². The Balaban J connectivity index is 2.05. The topological polar surface area (TPSA) is 47.0 Å². The van der Waals surface area contributed by atoms with Crippen molar-refractivity contribution in [2.75, 3.05) is 13.7 Å². The van der Waals surface area contributed by atoms with Crippen LogP contribution in [0.25, 0.3) is 0 Å². The van der Waals surface area contributed by atoms with Gasteiger partial charge in [0.1, 0.15) is 16.1 Å². The van der Waals surface area contributed by atoms with E-state index in [1.165, 1.54) is 12.8 Å². The second-order valence-electron chi connectivity index (χ2n) is 4.08. The lowest BCUT2D eigenvalue weighted by atomic mass is 10.1. The van der Waals surface area contributed by atoms with E-state index in [0.29, 0.717) is 6.04 Å². The Hall–Kier alpha value is -0.520. The maximum absolute atomic E-state index is 5.71. The molecule has 0 spiro atoms. The summed E-state index contributed by atoms with van der Waals surface area (Å²) in [5.74, 6) is 0. The van der Waals surface area contributed by atoms with Gasteiger partial charge in [0.2, 0.25) is 0 Å². The van der Waals surface area contributed by atoms with Gasteiger partial charge < -0.3 is 10.1 Å². The van der Waals surface area contributed by atoms with Gasteiger partial charge in [-0.25, -0.2) is 0 Å². The molecule has 2 rings (SSSR count). The van der Waals surface area contributed by atoms with Gasteiger partial charge in [0, 0.05) is 6.61 Å². The van der Waals surface area contributed by atoms with E-state index >= 15 is 0 Å². The molecular formula is C11H19N3OS. The number of aromatic nitrogens is 2. The van der Waals surface area contributed by atoms with Crippen LogP contribution in [-0.4, -0.2) is 23.9 Å². The monoisotopic (exact) mass is 241 g/mol. The highest BCUT2D eigenvalue weighted by molar-refractivity contribution is 7.11. The quantitative estimate of drug-likeness (QED) is 0.879. The molecule has 16 heavy (non-hydrogen) atoms. The predicted molar refractivity (Wildman–Crippen MR) is 64.5 cm³/mol. The summed E-state index contributed by atoms with van der Waals surface area (Å²) in [5.41, 5.74) is 0. The van der Waals surface area contributed by atoms with Crippen LogP contribution in [0.5, 0.6) is 0 Å². The van der Waals surface area contributed by atoms with Crippen LogP contribution >= 0.6 is 11.3 Å². The van der Waals surface area contributed by atoms with Crippen molar-refractivity contribution in [3.8, 4) is 0 Å². The molecule has 2 heterocycles. The summed E-state index contributed by atoms with van der Waals surface area (Å²) >= 11 is 1.69. The van der Waals surface area contributed by atoms with Gasteiger partial charge in [-0.1, -0.05) is 18.3 Å². The molecule has 4 nitrogen and oxygen atoms in total. The van der Waals surface area contributed by atoms with Crippen LogP contribution < -0.4 is 5.32 Å². The number of ether oxygens (including phenoxy) is 1. The molecule has 0 saturated carbocycles. The zero-order valence-electron chi connectivity index (χ0n) is 9.90. The minimum absolute atomic E-state index is 0.189. The summed E-state index contributed by atoms with van der Waals surface area (Å²) < 4.78 is 5.71. The van der Waals surface area contributed by atoms with E-state index in [1.54, 1.807) is 11.3 Å². The summed E-state index contributed by atoms with van der Waals surface area (Å²) in [5, 5.41) is 13.9. The van der Waals surface area contributed by atoms with Gasteiger partial charge in [-0.15, -0.1) is 10.2 Å². The predicted octanol–water partition coefficient (Wildman–Crippen LogP) is 2.45. The van der Waals surface area contributed by atoms with Crippen LogP contribution in [0.15, 0.2) is 0 Å². The Morgan fingerprint density at radius 3 is 3.00 bits per heavy atom. The Morgan fingerprint density at radius 1 is 1.50 bits per heavy atom. The lowest BCUT2D eigenvalue weighted by molar-refractivity contribution is 0.0144. The Morgan fingerprint density at radius 2 is 2.38 bits per heavy atom. The first kappa shape index (κ1) is 12.0. The summed E-state index contributed by atoms with van der Waals surface area (Å²) in [6.07, 6.45) is 4.73. The van der Waals surface area contributed by atoms with Crippen LogP contribution in [0.2, 0.25) is 0 Å². The fourth-order valence-corrected chi connectivity index (χ4v) is 3.08. The summed E-state index contributed by atoms with van der Waals surface area (Å²) in [7, 11) is 1.96. The van der Waals surface area contributed by atoms with Gasteiger partial charge >= 0.3 is 0 Å². The normalized spacial score (nSPS) is 23.2. The van der Waals surface area contributed by atoms with Crippen molar-refractivity contribution >= 4 is 11.3 Å². The van der Waals surface area contributed by atoms with Crippen molar-refractivity contribution in [2.24, 2.45) is 0 Å². The molecule has 0 bridgehead atoms. The van der Waals surface area contributed by atoms with E-state index in [-0.39, 0.29) is 6.10 Å². The summed E-state index contributed by atoms with van der Waals surface area (Å²) in [6.45, 7) is 3.02. The first-order valence-corrected chi connectivity index (χ1v) is 6.79. The number of nitrogens with one attached hydrogen (secondary N) is 1. The number of hydrogen-bond donors (Lipinski definition) is 1. The number of hydrogen-bond acceptors (Lipinski definition) is 5. The first-order chi connectivity index (χ1) is 7.85. The Labute approximate surface area is 100 Å². The van der Waals surface area contributed by atoms with E-state index in [0.717, 1.165) is 29.5 Å². The maximum atomic E-state index is 5.71. The van der Waals surface area contributed by atoms with Gasteiger partial charge in [-0.2, -0.15) is 0 Å². The highest BCUT2D eigenvalue weighted by Gasteiger charge is 2.22. The summed E-state index contributed by atoms with van der Waals surface area (Å²) in [6, 6.07) is 0.329. The zero-order chi connectivity index (χ0) is 11.4. The molecule has 90 valence electrons. The molecule has 2 atom stereocenters. The molecule has 0 radical (unpaired) electrons. The fraction of sp³-hybridized carbons (Fsp3) is 0.818. The van der Waals surface area contributed by atoms with Crippen molar-refractivity contribution in [1.82, 2.24) is 15.5 Å². The number of nitrogens with zero attached hydrogens (tertiary/aromatic N) is 2. The average molecular weight is 241 g/mol. The molecule has 0 aliphatic carbocycles. The van der Waals surface area contributed by atoms with Crippen LogP contribution in [-0.2, 0) is 4.74 Å². The van der Waals surface area contributed by atoms with Crippen molar-refractivity contribution in [3.05, 3.63) is 10.0 Å². The van der Waals surface area contributed by atoms with E-state index in [2.05, 4.69) is 22.4 Å². The van der Waals surface area contributed by atoms with Crippen molar-refractivity contribution in [3.63, 3.8) is 0 Å². The van der Waals surface area contributed by atoms with E-state index < -0.39 is 0 Å². The smallest absolute Gasteiger partial charge is 0.146 e. The van der Waals surface area contributed by atoms with Crippen molar-refractivity contribution in [1.29, 1.82) is 0 Å². The second-order valence-corrected chi connectivity index (χ2v) is 5.12. The third-order valence-corrected chi connectivity index (χ3v) is 4.10. The van der Waals surface area contributed by atoms with E-state index in [9.17, 15) is 0 Å². The highest BCUT2D eigenvalue weighted by atomic mass is 32.1. The van der Waals surface area contributed by atoms with E-state index in [4.69, 9.17) is 4.74 Å². The first-order valence-electron chi connectivity index (χ1n) is 5.97. The van der Waals surface area contributed by atoms with Crippen LogP contribution in [0, 0.1) is 0 Å². The van der Waals surface area contributed by atoms with Gasteiger partial charge in [-0.3, -0.25) is 0 Å². The third kappa shape index (κ3) is 2.59. The molecule has 1 saturated heterocycles. The van der Waals surface area contributed by atoms with Crippen molar-refractivity contribution in [2.45, 2.75) is 44.8 Å². The van der Waals surface area contributed by atoms with E-state index in [1.807, 2.05) is 7.05 Å². The molecule has 1 aromatic heterocycles. The molecule has 1 aliphatic heterocycles. The molecule has 1 fully saturated rings. The highest BCUT2D eigenvalue weighted by Crippen LogP contribution is 2.31. The Kier molecular flexibility index (Phi) is 4.26. The molecule has 1 aliphatic rings. The molecule has 0 amide bonds. The maximum Gasteiger partial charge on any atom is 0.146 e. The lowest BCUT2D eigenvalue weighted by Gasteiger charge is -2.19. The minimum atomic E-state index is 0.189. The third-order valence-electron chi connectivity index (χ3n) is 2.97. The largest absolute Gasteiger partial charge is 0.371 e. The molecule has 1 aromatic rings. The van der Waals surface area contributed by atoms with Crippen LogP contribution in [0.3, 0.4) is 0 Å².